The number of sulfonamides is 1. The van der Waals surface area contributed by atoms with E-state index in [-0.39, 0.29) is 24.0 Å². The number of pyridine rings is 1. The molecule has 0 fully saturated rings. The van der Waals surface area contributed by atoms with Gasteiger partial charge in [0.2, 0.25) is 21.8 Å². The van der Waals surface area contributed by atoms with Crippen molar-refractivity contribution in [1.82, 2.24) is 9.29 Å². The van der Waals surface area contributed by atoms with Crippen LogP contribution in [0.2, 0.25) is 0 Å². The Hall–Kier alpha value is -3.34. The van der Waals surface area contributed by atoms with Crippen LogP contribution in [0.1, 0.15) is 6.92 Å². The van der Waals surface area contributed by atoms with Gasteiger partial charge < -0.3 is 15.4 Å². The number of aromatic nitrogens is 1. The number of ether oxygens (including phenoxy) is 1. The molecular formula is C22H24N4O5S. The molecule has 0 aliphatic carbocycles. The van der Waals surface area contributed by atoms with Crippen LogP contribution in [0.3, 0.4) is 0 Å². The first kappa shape index (κ1) is 23.3. The molecule has 0 aliphatic rings. The van der Waals surface area contributed by atoms with Crippen LogP contribution < -0.4 is 10.6 Å². The van der Waals surface area contributed by atoms with Crippen molar-refractivity contribution in [3.8, 4) is 0 Å². The van der Waals surface area contributed by atoms with Crippen molar-refractivity contribution < 1.29 is 22.7 Å². The van der Waals surface area contributed by atoms with Crippen LogP contribution in [0.4, 0.5) is 11.4 Å². The van der Waals surface area contributed by atoms with Gasteiger partial charge in [0, 0.05) is 55.1 Å². The van der Waals surface area contributed by atoms with Crippen LogP contribution >= 0.6 is 0 Å². The minimum atomic E-state index is -4.00. The highest BCUT2D eigenvalue weighted by Gasteiger charge is 2.28. The van der Waals surface area contributed by atoms with Gasteiger partial charge in [0.05, 0.1) is 18.0 Å². The van der Waals surface area contributed by atoms with Gasteiger partial charge in [-0.15, -0.1) is 0 Å². The van der Waals surface area contributed by atoms with Crippen LogP contribution in [-0.4, -0.2) is 56.3 Å². The molecule has 2 aromatic carbocycles. The first-order chi connectivity index (χ1) is 15.3. The summed E-state index contributed by atoms with van der Waals surface area (Å²) in [5.41, 5.74) is 0.949. The number of anilines is 2. The number of amides is 2. The van der Waals surface area contributed by atoms with E-state index in [1.54, 1.807) is 48.7 Å². The third-order valence-corrected chi connectivity index (χ3v) is 6.49. The molecule has 32 heavy (non-hydrogen) atoms. The molecule has 168 valence electrons. The Morgan fingerprint density at radius 3 is 2.50 bits per heavy atom. The van der Waals surface area contributed by atoms with Gasteiger partial charge in [0.1, 0.15) is 0 Å². The molecule has 0 bridgehead atoms. The number of nitrogens with zero attached hydrogens (tertiary/aromatic N) is 2. The highest BCUT2D eigenvalue weighted by Crippen LogP contribution is 2.25. The van der Waals surface area contributed by atoms with Gasteiger partial charge in [-0.25, -0.2) is 8.42 Å². The predicted molar refractivity (Wildman–Crippen MR) is 122 cm³/mol. The number of benzene rings is 2. The Morgan fingerprint density at radius 1 is 1.06 bits per heavy atom. The van der Waals surface area contributed by atoms with E-state index in [0.29, 0.717) is 22.1 Å². The van der Waals surface area contributed by atoms with E-state index in [9.17, 15) is 18.0 Å². The van der Waals surface area contributed by atoms with Gasteiger partial charge in [-0.3, -0.25) is 14.6 Å². The van der Waals surface area contributed by atoms with Crippen LogP contribution in [0.5, 0.6) is 0 Å². The third kappa shape index (κ3) is 5.67. The summed E-state index contributed by atoms with van der Waals surface area (Å²) in [6.07, 6.45) is 3.11. The zero-order chi connectivity index (χ0) is 23.1. The molecule has 0 spiro atoms. The lowest BCUT2D eigenvalue weighted by Gasteiger charge is -2.22. The molecular weight excluding hydrogens is 432 g/mol. The summed E-state index contributed by atoms with van der Waals surface area (Å²) in [4.78, 5) is 28.1. The topological polar surface area (TPSA) is 118 Å². The van der Waals surface area contributed by atoms with E-state index >= 15 is 0 Å². The molecule has 2 N–H and O–H groups in total. The number of carbonyl (C=O) groups is 2. The number of nitrogens with one attached hydrogen (secondary N) is 2. The Balaban J connectivity index is 1.84. The Morgan fingerprint density at radius 2 is 1.78 bits per heavy atom. The lowest BCUT2D eigenvalue weighted by atomic mass is 10.2. The van der Waals surface area contributed by atoms with E-state index < -0.39 is 22.5 Å². The minimum absolute atomic E-state index is 0.000341. The fraction of sp³-hybridized carbons (Fsp3) is 0.227. The third-order valence-electron chi connectivity index (χ3n) is 4.59. The maximum Gasteiger partial charge on any atom is 0.244 e. The fourth-order valence-corrected chi connectivity index (χ4v) is 4.77. The zero-order valence-corrected chi connectivity index (χ0v) is 18.6. The van der Waals surface area contributed by atoms with E-state index in [0.717, 1.165) is 4.31 Å². The van der Waals surface area contributed by atoms with Crippen molar-refractivity contribution in [2.45, 2.75) is 11.8 Å². The standard InChI is InChI=1S/C22H24N4O5S/c1-16(27)24-18-6-4-7-19(13-18)25-22(28)15-26(11-12-31-2)32(29,30)21-8-3-5-17-14-23-10-9-20(17)21/h3-10,13-14H,11-12,15H2,1-2H3,(H,24,27)(H,25,28). The molecule has 0 saturated carbocycles. The predicted octanol–water partition coefficient (Wildman–Crippen LogP) is 2.47. The summed E-state index contributed by atoms with van der Waals surface area (Å²) in [6, 6.07) is 13.1. The molecule has 0 aliphatic heterocycles. The number of hydrogen-bond donors (Lipinski definition) is 2. The summed E-state index contributed by atoms with van der Waals surface area (Å²) in [6.45, 7) is 1.10. The average Bonchev–Trinajstić information content (AvgIpc) is 2.75. The maximum absolute atomic E-state index is 13.4. The molecule has 3 rings (SSSR count). The molecule has 0 saturated heterocycles. The molecule has 3 aromatic rings. The molecule has 1 heterocycles. The quantitative estimate of drug-likeness (QED) is 0.511. The zero-order valence-electron chi connectivity index (χ0n) is 17.7. The summed E-state index contributed by atoms with van der Waals surface area (Å²) in [5, 5.41) is 6.51. The Kier molecular flexibility index (Phi) is 7.52. The number of carbonyl (C=O) groups excluding carboxylic acids is 2. The van der Waals surface area contributed by atoms with Crippen molar-refractivity contribution in [2.24, 2.45) is 0 Å². The second kappa shape index (κ2) is 10.3. The summed E-state index contributed by atoms with van der Waals surface area (Å²) >= 11 is 0. The van der Waals surface area contributed by atoms with E-state index in [2.05, 4.69) is 15.6 Å². The molecule has 0 radical (unpaired) electrons. The molecule has 10 heteroatoms. The highest BCUT2D eigenvalue weighted by atomic mass is 32.2. The molecule has 2 amide bonds. The monoisotopic (exact) mass is 456 g/mol. The van der Waals surface area contributed by atoms with Crippen molar-refractivity contribution in [3.63, 3.8) is 0 Å². The lowest BCUT2D eigenvalue weighted by Crippen LogP contribution is -2.40. The van der Waals surface area contributed by atoms with Gasteiger partial charge in [0.15, 0.2) is 0 Å². The SMILES string of the molecule is COCCN(CC(=O)Nc1cccc(NC(C)=O)c1)S(=O)(=O)c1cccc2cnccc12. The van der Waals surface area contributed by atoms with Gasteiger partial charge >= 0.3 is 0 Å². The fourth-order valence-electron chi connectivity index (χ4n) is 3.17. The lowest BCUT2D eigenvalue weighted by molar-refractivity contribution is -0.116. The number of hydrogen-bond acceptors (Lipinski definition) is 6. The van der Waals surface area contributed by atoms with E-state index in [1.165, 1.54) is 26.3 Å². The minimum Gasteiger partial charge on any atom is -0.383 e. The van der Waals surface area contributed by atoms with Crippen LogP contribution in [0.25, 0.3) is 10.8 Å². The first-order valence-corrected chi connectivity index (χ1v) is 11.2. The smallest absolute Gasteiger partial charge is 0.244 e. The second-order valence-corrected chi connectivity index (χ2v) is 8.90. The normalized spacial score (nSPS) is 11.5. The summed E-state index contributed by atoms with van der Waals surface area (Å²) in [5.74, 6) is -0.762. The van der Waals surface area contributed by atoms with Crippen LogP contribution in [0.15, 0.2) is 65.8 Å². The Bertz CT molecular complexity index is 1220. The van der Waals surface area contributed by atoms with Gasteiger partial charge in [-0.1, -0.05) is 18.2 Å². The average molecular weight is 457 g/mol. The summed E-state index contributed by atoms with van der Waals surface area (Å²) in [7, 11) is -2.54. The largest absolute Gasteiger partial charge is 0.383 e. The Labute approximate surface area is 186 Å². The van der Waals surface area contributed by atoms with Crippen molar-refractivity contribution in [3.05, 3.63) is 60.9 Å². The van der Waals surface area contributed by atoms with Crippen molar-refractivity contribution >= 4 is 44.0 Å². The molecule has 0 atom stereocenters. The number of rotatable bonds is 9. The van der Waals surface area contributed by atoms with Crippen molar-refractivity contribution in [1.29, 1.82) is 0 Å². The highest BCUT2D eigenvalue weighted by molar-refractivity contribution is 7.89. The van der Waals surface area contributed by atoms with Gasteiger partial charge in [-0.05, 0) is 30.3 Å². The van der Waals surface area contributed by atoms with Gasteiger partial charge in [-0.2, -0.15) is 4.31 Å². The van der Waals surface area contributed by atoms with Crippen molar-refractivity contribution in [2.75, 3.05) is 37.4 Å². The molecule has 0 unspecified atom stereocenters. The molecule has 1 aromatic heterocycles. The van der Waals surface area contributed by atoms with E-state index in [4.69, 9.17) is 4.74 Å². The summed E-state index contributed by atoms with van der Waals surface area (Å²) < 4.78 is 33.0. The molecule has 9 nitrogen and oxygen atoms in total. The van der Waals surface area contributed by atoms with E-state index in [1.807, 2.05) is 0 Å². The number of fused-ring (bicyclic) bond motifs is 1. The number of methoxy groups -OCH3 is 1. The van der Waals surface area contributed by atoms with Crippen LogP contribution in [-0.2, 0) is 24.3 Å². The maximum atomic E-state index is 13.4. The first-order valence-electron chi connectivity index (χ1n) is 9.80. The van der Waals surface area contributed by atoms with Crippen LogP contribution in [0, 0.1) is 0 Å². The van der Waals surface area contributed by atoms with Gasteiger partial charge in [0.25, 0.3) is 0 Å². The second-order valence-electron chi connectivity index (χ2n) is 6.99.